The van der Waals surface area contributed by atoms with E-state index in [-0.39, 0.29) is 12.0 Å². The van der Waals surface area contributed by atoms with Crippen molar-refractivity contribution in [1.82, 2.24) is 10.2 Å². The summed E-state index contributed by atoms with van der Waals surface area (Å²) in [7, 11) is 1.62. The number of anilines is 1. The number of hydrogen-bond donors (Lipinski definition) is 1. The van der Waals surface area contributed by atoms with Crippen LogP contribution >= 0.6 is 0 Å². The van der Waals surface area contributed by atoms with Crippen LogP contribution in [0, 0.1) is 0 Å². The summed E-state index contributed by atoms with van der Waals surface area (Å²) < 4.78 is 5.44. The van der Waals surface area contributed by atoms with Gasteiger partial charge in [-0.15, -0.1) is 0 Å². The zero-order valence-corrected chi connectivity index (χ0v) is 15.6. The molecule has 1 saturated heterocycles. The lowest BCUT2D eigenvalue weighted by Crippen LogP contribution is -2.35. The van der Waals surface area contributed by atoms with Crippen LogP contribution in [0.5, 0.6) is 0 Å². The standard InChI is InChI=1S/C21H25N3O3/c1-22-20(25)18-8-10-19(11-9-18)23-12-5-13-24(15-14-23)21(26)27-16-17-6-3-2-4-7-17/h2-4,6-11H,5,12-16H2,1H3,(H,22,25). The zero-order valence-electron chi connectivity index (χ0n) is 15.6. The van der Waals surface area contributed by atoms with Crippen LogP contribution in [0.3, 0.4) is 0 Å². The number of hydrogen-bond acceptors (Lipinski definition) is 4. The van der Waals surface area contributed by atoms with E-state index in [0.29, 0.717) is 25.3 Å². The lowest BCUT2D eigenvalue weighted by Gasteiger charge is -2.23. The molecule has 0 saturated carbocycles. The molecule has 0 atom stereocenters. The van der Waals surface area contributed by atoms with Crippen LogP contribution in [-0.2, 0) is 11.3 Å². The lowest BCUT2D eigenvalue weighted by atomic mass is 10.2. The summed E-state index contributed by atoms with van der Waals surface area (Å²) in [6.07, 6.45) is 0.605. The first kappa shape index (κ1) is 18.8. The second-order valence-electron chi connectivity index (χ2n) is 6.49. The summed E-state index contributed by atoms with van der Waals surface area (Å²) in [5.41, 5.74) is 2.68. The topological polar surface area (TPSA) is 61.9 Å². The number of rotatable bonds is 4. The highest BCUT2D eigenvalue weighted by atomic mass is 16.6. The molecule has 142 valence electrons. The number of nitrogens with one attached hydrogen (secondary N) is 1. The van der Waals surface area contributed by atoms with Gasteiger partial charge >= 0.3 is 6.09 Å². The quantitative estimate of drug-likeness (QED) is 0.903. The number of benzene rings is 2. The molecular weight excluding hydrogens is 342 g/mol. The van der Waals surface area contributed by atoms with Crippen LogP contribution in [0.4, 0.5) is 10.5 Å². The van der Waals surface area contributed by atoms with Crippen LogP contribution in [0.15, 0.2) is 54.6 Å². The van der Waals surface area contributed by atoms with Gasteiger partial charge in [0, 0.05) is 44.5 Å². The van der Waals surface area contributed by atoms with Crippen molar-refractivity contribution < 1.29 is 14.3 Å². The number of nitrogens with zero attached hydrogens (tertiary/aromatic N) is 2. The molecule has 1 aliphatic rings. The van der Waals surface area contributed by atoms with Crippen LogP contribution in [-0.4, -0.2) is 50.1 Å². The molecule has 0 aromatic heterocycles. The van der Waals surface area contributed by atoms with Gasteiger partial charge in [-0.05, 0) is 36.2 Å². The van der Waals surface area contributed by atoms with Crippen LogP contribution < -0.4 is 10.2 Å². The van der Waals surface area contributed by atoms with Crippen molar-refractivity contribution in [1.29, 1.82) is 0 Å². The second kappa shape index (κ2) is 9.07. The summed E-state index contributed by atoms with van der Waals surface area (Å²) in [5.74, 6) is -0.0928. The molecule has 2 aromatic carbocycles. The average Bonchev–Trinajstić information content (AvgIpc) is 2.98. The number of amides is 2. The Morgan fingerprint density at radius 2 is 1.70 bits per heavy atom. The molecule has 0 spiro atoms. The number of carbonyl (C=O) groups excluding carboxylic acids is 2. The van der Waals surface area contributed by atoms with E-state index in [0.717, 1.165) is 30.8 Å². The lowest BCUT2D eigenvalue weighted by molar-refractivity contribution is 0.0960. The first-order valence-electron chi connectivity index (χ1n) is 9.20. The molecule has 1 aliphatic heterocycles. The highest BCUT2D eigenvalue weighted by molar-refractivity contribution is 5.94. The SMILES string of the molecule is CNC(=O)c1ccc(N2CCCN(C(=O)OCc3ccccc3)CC2)cc1. The Bertz CT molecular complexity index is 762. The summed E-state index contributed by atoms with van der Waals surface area (Å²) >= 11 is 0. The fraction of sp³-hybridized carbons (Fsp3) is 0.333. The maximum Gasteiger partial charge on any atom is 0.410 e. The fourth-order valence-corrected chi connectivity index (χ4v) is 3.14. The number of ether oxygens (including phenoxy) is 1. The Labute approximate surface area is 159 Å². The highest BCUT2D eigenvalue weighted by Gasteiger charge is 2.20. The minimum absolute atomic E-state index is 0.0928. The Balaban J connectivity index is 1.53. The molecule has 0 unspecified atom stereocenters. The van der Waals surface area contributed by atoms with Crippen molar-refractivity contribution in [3.63, 3.8) is 0 Å². The van der Waals surface area contributed by atoms with E-state index in [1.54, 1.807) is 11.9 Å². The van der Waals surface area contributed by atoms with E-state index in [1.165, 1.54) is 0 Å². The smallest absolute Gasteiger partial charge is 0.410 e. The van der Waals surface area contributed by atoms with Gasteiger partial charge in [0.2, 0.25) is 0 Å². The van der Waals surface area contributed by atoms with Crippen molar-refractivity contribution in [3.05, 3.63) is 65.7 Å². The van der Waals surface area contributed by atoms with E-state index >= 15 is 0 Å². The maximum atomic E-state index is 12.4. The van der Waals surface area contributed by atoms with Gasteiger partial charge in [0.15, 0.2) is 0 Å². The predicted octanol–water partition coefficient (Wildman–Crippen LogP) is 2.90. The third kappa shape index (κ3) is 5.00. The molecule has 1 fully saturated rings. The van der Waals surface area contributed by atoms with Crippen LogP contribution in [0.25, 0.3) is 0 Å². The molecule has 27 heavy (non-hydrogen) atoms. The summed E-state index contributed by atoms with van der Waals surface area (Å²) in [4.78, 5) is 28.0. The molecule has 1 heterocycles. The van der Waals surface area contributed by atoms with Gasteiger partial charge in [-0.3, -0.25) is 4.79 Å². The predicted molar refractivity (Wildman–Crippen MR) is 105 cm³/mol. The molecule has 6 heteroatoms. The van der Waals surface area contributed by atoms with Gasteiger partial charge in [0.1, 0.15) is 6.61 Å². The Hall–Kier alpha value is -3.02. The Kier molecular flexibility index (Phi) is 6.30. The largest absolute Gasteiger partial charge is 0.445 e. The molecule has 2 aromatic rings. The Morgan fingerprint density at radius 1 is 0.963 bits per heavy atom. The third-order valence-electron chi connectivity index (χ3n) is 4.68. The van der Waals surface area contributed by atoms with Gasteiger partial charge in [-0.1, -0.05) is 30.3 Å². The number of carbonyl (C=O) groups is 2. The van der Waals surface area contributed by atoms with E-state index in [9.17, 15) is 9.59 Å². The average molecular weight is 367 g/mol. The molecular formula is C21H25N3O3. The first-order valence-corrected chi connectivity index (χ1v) is 9.20. The van der Waals surface area contributed by atoms with Gasteiger partial charge in [-0.25, -0.2) is 4.79 Å². The molecule has 6 nitrogen and oxygen atoms in total. The molecule has 2 amide bonds. The fourth-order valence-electron chi connectivity index (χ4n) is 3.14. The van der Waals surface area contributed by atoms with Crippen molar-refractivity contribution in [3.8, 4) is 0 Å². The van der Waals surface area contributed by atoms with Gasteiger partial charge in [-0.2, -0.15) is 0 Å². The van der Waals surface area contributed by atoms with Crippen LogP contribution in [0.2, 0.25) is 0 Å². The monoisotopic (exact) mass is 367 g/mol. The van der Waals surface area contributed by atoms with Gasteiger partial charge in [0.25, 0.3) is 5.91 Å². The van der Waals surface area contributed by atoms with Crippen molar-refractivity contribution in [2.24, 2.45) is 0 Å². The minimum Gasteiger partial charge on any atom is -0.445 e. The summed E-state index contributed by atoms with van der Waals surface area (Å²) in [5, 5.41) is 2.62. The van der Waals surface area contributed by atoms with Gasteiger partial charge in [0.05, 0.1) is 0 Å². The Morgan fingerprint density at radius 3 is 2.41 bits per heavy atom. The first-order chi connectivity index (χ1) is 13.2. The molecule has 1 N–H and O–H groups in total. The third-order valence-corrected chi connectivity index (χ3v) is 4.68. The van der Waals surface area contributed by atoms with E-state index in [4.69, 9.17) is 4.74 Å². The van der Waals surface area contributed by atoms with Gasteiger partial charge < -0.3 is 19.9 Å². The summed E-state index contributed by atoms with van der Waals surface area (Å²) in [6, 6.07) is 17.2. The normalized spacial score (nSPS) is 14.4. The summed E-state index contributed by atoms with van der Waals surface area (Å²) in [6.45, 7) is 3.19. The van der Waals surface area contributed by atoms with Crippen molar-refractivity contribution >= 4 is 17.7 Å². The molecule has 3 rings (SSSR count). The van der Waals surface area contributed by atoms with Crippen LogP contribution in [0.1, 0.15) is 22.3 Å². The zero-order chi connectivity index (χ0) is 19.1. The van der Waals surface area contributed by atoms with Crippen molar-refractivity contribution in [2.75, 3.05) is 38.1 Å². The molecule has 0 aliphatic carbocycles. The van der Waals surface area contributed by atoms with E-state index in [1.807, 2.05) is 54.6 Å². The minimum atomic E-state index is -0.268. The highest BCUT2D eigenvalue weighted by Crippen LogP contribution is 2.18. The molecule has 0 radical (unpaired) electrons. The van der Waals surface area contributed by atoms with Crippen molar-refractivity contribution in [2.45, 2.75) is 13.0 Å². The maximum absolute atomic E-state index is 12.4. The molecule has 0 bridgehead atoms. The van der Waals surface area contributed by atoms with E-state index in [2.05, 4.69) is 10.2 Å². The second-order valence-corrected chi connectivity index (χ2v) is 6.49. The van der Waals surface area contributed by atoms with E-state index < -0.39 is 0 Å².